The zero-order chi connectivity index (χ0) is 17.5. The molecular weight excluding hydrogens is 326 g/mol. The second-order valence-corrected chi connectivity index (χ2v) is 6.45. The van der Waals surface area contributed by atoms with E-state index in [0.717, 1.165) is 46.2 Å². The number of rotatable bonds is 2. The minimum Gasteiger partial charge on any atom is -0.382 e. The Hall–Kier alpha value is -3.12. The number of ether oxygens (including phenoxy) is 1. The van der Waals surface area contributed by atoms with Gasteiger partial charge < -0.3 is 10.5 Å². The molecule has 1 saturated heterocycles. The summed E-state index contributed by atoms with van der Waals surface area (Å²) in [6.45, 7) is 2.92. The number of fused-ring (bicyclic) bond motifs is 5. The van der Waals surface area contributed by atoms with Crippen LogP contribution in [0.3, 0.4) is 0 Å². The average molecular weight is 345 g/mol. The Kier molecular flexibility index (Phi) is 3.50. The summed E-state index contributed by atoms with van der Waals surface area (Å²) < 4.78 is 7.54. The monoisotopic (exact) mass is 345 g/mol. The van der Waals surface area contributed by atoms with Crippen molar-refractivity contribution in [2.24, 2.45) is 10.8 Å². The molecule has 2 N–H and O–H groups in total. The highest BCUT2D eigenvalue weighted by Crippen LogP contribution is 2.24. The highest BCUT2D eigenvalue weighted by Gasteiger charge is 2.11. The highest BCUT2D eigenvalue weighted by atomic mass is 16.5. The quantitative estimate of drug-likeness (QED) is 0.448. The smallest absolute Gasteiger partial charge is 0.150 e. The van der Waals surface area contributed by atoms with Gasteiger partial charge in [-0.15, -0.1) is 0 Å². The molecule has 1 fully saturated rings. The van der Waals surface area contributed by atoms with Crippen molar-refractivity contribution in [1.29, 1.82) is 0 Å². The van der Waals surface area contributed by atoms with E-state index in [1.807, 2.05) is 35.3 Å². The third kappa shape index (κ3) is 2.46. The van der Waals surface area contributed by atoms with Gasteiger partial charge in [0.1, 0.15) is 5.65 Å². The summed E-state index contributed by atoms with van der Waals surface area (Å²) in [5.74, 6) is 0.523. The number of nitrogens with two attached hydrogens (primary N) is 1. The van der Waals surface area contributed by atoms with Crippen molar-refractivity contribution < 1.29 is 4.74 Å². The van der Waals surface area contributed by atoms with E-state index < -0.39 is 0 Å². The zero-order valence-corrected chi connectivity index (χ0v) is 14.3. The number of hydrogen-bond acceptors (Lipinski definition) is 4. The van der Waals surface area contributed by atoms with Gasteiger partial charge in [0.2, 0.25) is 0 Å². The number of aromatic nitrogens is 2. The standard InChI is InChI=1S/C20H19N5O/c21-20(23-24-9-11-26-12-10-24)15-6-5-14-7-8-19-22-16-3-1-2-4-17(16)25(19)18(14)13-15/h1-8,13H,9-12H2,(H2,21,23). The van der Waals surface area contributed by atoms with Gasteiger partial charge in [-0.25, -0.2) is 4.98 Å². The fraction of sp³-hybridized carbons (Fsp3) is 0.200. The SMILES string of the molecule is N/C(=N/N1CCOCC1)c1ccc2ccc3nc4ccccc4n3c2c1. The molecule has 26 heavy (non-hydrogen) atoms. The molecule has 0 unspecified atom stereocenters. The van der Waals surface area contributed by atoms with Crippen LogP contribution in [-0.4, -0.2) is 46.5 Å². The average Bonchev–Trinajstić information content (AvgIpc) is 3.07. The van der Waals surface area contributed by atoms with Crippen LogP contribution in [0, 0.1) is 0 Å². The van der Waals surface area contributed by atoms with Crippen LogP contribution < -0.4 is 5.73 Å². The van der Waals surface area contributed by atoms with Crippen molar-refractivity contribution in [2.75, 3.05) is 26.3 Å². The molecule has 5 rings (SSSR count). The Morgan fingerprint density at radius 1 is 1.00 bits per heavy atom. The molecule has 3 heterocycles. The molecule has 6 nitrogen and oxygen atoms in total. The molecular formula is C20H19N5O. The molecule has 4 aromatic rings. The number of hydrazone groups is 1. The van der Waals surface area contributed by atoms with Crippen molar-refractivity contribution in [3.63, 3.8) is 0 Å². The summed E-state index contributed by atoms with van der Waals surface area (Å²) >= 11 is 0. The van der Waals surface area contributed by atoms with E-state index in [-0.39, 0.29) is 0 Å². The van der Waals surface area contributed by atoms with Crippen molar-refractivity contribution in [3.8, 4) is 0 Å². The maximum Gasteiger partial charge on any atom is 0.150 e. The second kappa shape index (κ2) is 6.00. The molecule has 0 saturated carbocycles. The van der Waals surface area contributed by atoms with Gasteiger partial charge >= 0.3 is 0 Å². The van der Waals surface area contributed by atoms with Crippen LogP contribution >= 0.6 is 0 Å². The van der Waals surface area contributed by atoms with E-state index in [1.165, 1.54) is 0 Å². The molecule has 130 valence electrons. The Bertz CT molecular complexity index is 1140. The summed E-state index contributed by atoms with van der Waals surface area (Å²) in [5.41, 5.74) is 11.3. The van der Waals surface area contributed by atoms with Crippen molar-refractivity contribution in [3.05, 3.63) is 60.2 Å². The fourth-order valence-corrected chi connectivity index (χ4v) is 3.48. The minimum atomic E-state index is 0.523. The lowest BCUT2D eigenvalue weighted by Crippen LogP contribution is -2.34. The predicted octanol–water partition coefficient (Wildman–Crippen LogP) is 2.59. The largest absolute Gasteiger partial charge is 0.382 e. The Balaban J connectivity index is 1.68. The first-order valence-corrected chi connectivity index (χ1v) is 8.77. The number of morpholine rings is 1. The topological polar surface area (TPSA) is 68.1 Å². The van der Waals surface area contributed by atoms with Gasteiger partial charge in [0.25, 0.3) is 0 Å². The molecule has 0 atom stereocenters. The normalized spacial score (nSPS) is 16.0. The van der Waals surface area contributed by atoms with Crippen molar-refractivity contribution >= 4 is 33.4 Å². The first-order valence-electron chi connectivity index (χ1n) is 8.77. The Morgan fingerprint density at radius 3 is 2.69 bits per heavy atom. The van der Waals surface area contributed by atoms with Crippen molar-refractivity contribution in [1.82, 2.24) is 14.4 Å². The fourth-order valence-electron chi connectivity index (χ4n) is 3.48. The second-order valence-electron chi connectivity index (χ2n) is 6.45. The van der Waals surface area contributed by atoms with Crippen molar-refractivity contribution in [2.45, 2.75) is 0 Å². The van der Waals surface area contributed by atoms with Gasteiger partial charge in [-0.2, -0.15) is 5.10 Å². The van der Waals surface area contributed by atoms with Crippen LogP contribution in [0.2, 0.25) is 0 Å². The van der Waals surface area contributed by atoms with Gasteiger partial charge in [-0.05, 0) is 35.7 Å². The number of hydrogen-bond donors (Lipinski definition) is 1. The van der Waals surface area contributed by atoms with E-state index in [0.29, 0.717) is 19.0 Å². The molecule has 0 radical (unpaired) electrons. The Morgan fingerprint density at radius 2 is 1.81 bits per heavy atom. The van der Waals surface area contributed by atoms with Crippen LogP contribution in [0.25, 0.3) is 27.6 Å². The molecule has 1 aliphatic rings. The first-order chi connectivity index (χ1) is 12.8. The van der Waals surface area contributed by atoms with E-state index in [4.69, 9.17) is 15.5 Å². The molecule has 0 aliphatic carbocycles. The molecule has 6 heteroatoms. The van der Waals surface area contributed by atoms with E-state index in [2.05, 4.69) is 33.8 Å². The summed E-state index contributed by atoms with van der Waals surface area (Å²) in [7, 11) is 0. The molecule has 1 aliphatic heterocycles. The lowest BCUT2D eigenvalue weighted by molar-refractivity contribution is 0.0393. The van der Waals surface area contributed by atoms with Gasteiger partial charge in [-0.3, -0.25) is 9.41 Å². The highest BCUT2D eigenvalue weighted by molar-refractivity contribution is 6.01. The van der Waals surface area contributed by atoms with Crippen LogP contribution in [0.15, 0.2) is 59.7 Å². The van der Waals surface area contributed by atoms with Gasteiger partial charge in [0, 0.05) is 5.56 Å². The zero-order valence-electron chi connectivity index (χ0n) is 14.3. The van der Waals surface area contributed by atoms with E-state index in [9.17, 15) is 0 Å². The summed E-state index contributed by atoms with van der Waals surface area (Å²) in [4.78, 5) is 4.71. The van der Waals surface area contributed by atoms with E-state index in [1.54, 1.807) is 0 Å². The number of pyridine rings is 1. The lowest BCUT2D eigenvalue weighted by Gasteiger charge is -2.24. The number of nitrogens with zero attached hydrogens (tertiary/aromatic N) is 4. The third-order valence-electron chi connectivity index (χ3n) is 4.80. The summed E-state index contributed by atoms with van der Waals surface area (Å²) in [6, 6.07) is 18.5. The number of para-hydroxylation sites is 2. The number of amidine groups is 1. The Labute approximate surface area is 150 Å². The van der Waals surface area contributed by atoms with Crippen LogP contribution in [0.1, 0.15) is 5.56 Å². The molecule has 2 aromatic heterocycles. The lowest BCUT2D eigenvalue weighted by atomic mass is 10.1. The van der Waals surface area contributed by atoms with Crippen LogP contribution in [-0.2, 0) is 4.74 Å². The summed E-state index contributed by atoms with van der Waals surface area (Å²) in [5, 5.41) is 7.68. The van der Waals surface area contributed by atoms with Crippen LogP contribution in [0.5, 0.6) is 0 Å². The van der Waals surface area contributed by atoms with Gasteiger partial charge in [0.05, 0.1) is 42.9 Å². The number of imidazole rings is 1. The van der Waals surface area contributed by atoms with Crippen LogP contribution in [0.4, 0.5) is 0 Å². The minimum absolute atomic E-state index is 0.523. The number of benzene rings is 2. The van der Waals surface area contributed by atoms with Gasteiger partial charge in [-0.1, -0.05) is 24.3 Å². The molecule has 0 amide bonds. The van der Waals surface area contributed by atoms with Gasteiger partial charge in [0.15, 0.2) is 5.84 Å². The maximum atomic E-state index is 6.29. The maximum absolute atomic E-state index is 6.29. The predicted molar refractivity (Wildman–Crippen MR) is 103 cm³/mol. The molecule has 0 spiro atoms. The molecule has 0 bridgehead atoms. The summed E-state index contributed by atoms with van der Waals surface area (Å²) in [6.07, 6.45) is 0. The molecule has 2 aromatic carbocycles. The first kappa shape index (κ1) is 15.2. The van der Waals surface area contributed by atoms with E-state index >= 15 is 0 Å². The third-order valence-corrected chi connectivity index (χ3v) is 4.80.